The van der Waals surface area contributed by atoms with E-state index in [1.165, 1.54) is 13.0 Å². The molecular formula is C13H14ClN5O2. The second kappa shape index (κ2) is 6.36. The number of aromatic amines is 1. The van der Waals surface area contributed by atoms with Crippen LogP contribution in [0.4, 0.5) is 11.4 Å². The van der Waals surface area contributed by atoms with E-state index in [-0.39, 0.29) is 11.7 Å². The van der Waals surface area contributed by atoms with E-state index >= 15 is 0 Å². The SMILES string of the molecule is CCc1nc(C(=O)Nc2ccc(NC(C)=O)c(Cl)c2)n[nH]1. The van der Waals surface area contributed by atoms with E-state index < -0.39 is 5.91 Å². The maximum Gasteiger partial charge on any atom is 0.295 e. The van der Waals surface area contributed by atoms with Gasteiger partial charge in [-0.25, -0.2) is 4.98 Å². The summed E-state index contributed by atoms with van der Waals surface area (Å²) in [6, 6.07) is 4.77. The van der Waals surface area contributed by atoms with Gasteiger partial charge in [0, 0.05) is 19.0 Å². The van der Waals surface area contributed by atoms with Gasteiger partial charge in [-0.15, -0.1) is 5.10 Å². The van der Waals surface area contributed by atoms with Gasteiger partial charge in [-0.05, 0) is 18.2 Å². The van der Waals surface area contributed by atoms with Crippen LogP contribution in [0.5, 0.6) is 0 Å². The molecule has 0 bridgehead atoms. The molecule has 0 spiro atoms. The van der Waals surface area contributed by atoms with Crippen molar-refractivity contribution in [1.82, 2.24) is 15.2 Å². The standard InChI is InChI=1S/C13H14ClN5O2/c1-3-11-17-12(19-18-11)13(21)16-8-4-5-10(9(14)6-8)15-7(2)20/h4-6H,3H2,1-2H3,(H,15,20)(H,16,21)(H,17,18,19). The summed E-state index contributed by atoms with van der Waals surface area (Å²) < 4.78 is 0. The third kappa shape index (κ3) is 3.79. The highest BCUT2D eigenvalue weighted by atomic mass is 35.5. The van der Waals surface area contributed by atoms with Crippen molar-refractivity contribution in [2.45, 2.75) is 20.3 Å². The van der Waals surface area contributed by atoms with Gasteiger partial charge in [-0.2, -0.15) is 0 Å². The molecule has 0 fully saturated rings. The molecule has 1 aromatic carbocycles. The normalized spacial score (nSPS) is 10.2. The zero-order valence-corrected chi connectivity index (χ0v) is 12.3. The molecule has 2 amide bonds. The van der Waals surface area contributed by atoms with E-state index in [4.69, 9.17) is 11.6 Å². The second-order valence-electron chi connectivity index (χ2n) is 4.29. The van der Waals surface area contributed by atoms with Gasteiger partial charge >= 0.3 is 0 Å². The van der Waals surface area contributed by atoms with Gasteiger partial charge in [0.2, 0.25) is 11.7 Å². The smallest absolute Gasteiger partial charge is 0.295 e. The minimum Gasteiger partial charge on any atom is -0.325 e. The van der Waals surface area contributed by atoms with E-state index in [0.717, 1.165) is 0 Å². The Morgan fingerprint density at radius 3 is 2.67 bits per heavy atom. The predicted octanol–water partition coefficient (Wildman–Crippen LogP) is 2.23. The van der Waals surface area contributed by atoms with Crippen molar-refractivity contribution in [3.8, 4) is 0 Å². The van der Waals surface area contributed by atoms with Gasteiger partial charge in [0.15, 0.2) is 0 Å². The summed E-state index contributed by atoms with van der Waals surface area (Å²) in [5.41, 5.74) is 0.968. The van der Waals surface area contributed by atoms with Crippen molar-refractivity contribution < 1.29 is 9.59 Å². The number of halogens is 1. The van der Waals surface area contributed by atoms with Crippen LogP contribution in [0.2, 0.25) is 5.02 Å². The Kier molecular flexibility index (Phi) is 4.54. The number of aryl methyl sites for hydroxylation is 1. The van der Waals surface area contributed by atoms with Gasteiger partial charge in [0.25, 0.3) is 5.91 Å². The fraction of sp³-hybridized carbons (Fsp3) is 0.231. The number of carbonyl (C=O) groups excluding carboxylic acids is 2. The summed E-state index contributed by atoms with van der Waals surface area (Å²) in [5.74, 6) is 0.0453. The molecular weight excluding hydrogens is 294 g/mol. The molecule has 1 aromatic heterocycles. The first-order chi connectivity index (χ1) is 9.99. The molecule has 7 nitrogen and oxygen atoms in total. The van der Waals surface area contributed by atoms with Crippen molar-refractivity contribution in [3.05, 3.63) is 34.9 Å². The number of nitrogens with zero attached hydrogens (tertiary/aromatic N) is 2. The minimum absolute atomic E-state index is 0.0638. The summed E-state index contributed by atoms with van der Waals surface area (Å²) in [6.07, 6.45) is 0.664. The first-order valence-electron chi connectivity index (χ1n) is 6.29. The molecule has 0 atom stereocenters. The zero-order chi connectivity index (χ0) is 15.4. The van der Waals surface area contributed by atoms with Crippen LogP contribution in [0.3, 0.4) is 0 Å². The monoisotopic (exact) mass is 307 g/mol. The molecule has 110 valence electrons. The minimum atomic E-state index is -0.436. The van der Waals surface area contributed by atoms with Gasteiger partial charge in [-0.1, -0.05) is 18.5 Å². The number of H-pyrrole nitrogens is 1. The summed E-state index contributed by atoms with van der Waals surface area (Å²) >= 11 is 6.03. The summed E-state index contributed by atoms with van der Waals surface area (Å²) in [4.78, 5) is 27.0. The summed E-state index contributed by atoms with van der Waals surface area (Å²) in [6.45, 7) is 3.29. The van der Waals surface area contributed by atoms with Crippen LogP contribution in [-0.2, 0) is 11.2 Å². The molecule has 0 saturated heterocycles. The summed E-state index contributed by atoms with van der Waals surface area (Å²) in [7, 11) is 0. The van der Waals surface area contributed by atoms with Crippen LogP contribution >= 0.6 is 11.6 Å². The largest absolute Gasteiger partial charge is 0.325 e. The molecule has 0 aliphatic heterocycles. The van der Waals surface area contributed by atoms with Crippen LogP contribution in [0.1, 0.15) is 30.3 Å². The average molecular weight is 308 g/mol. The van der Waals surface area contributed by atoms with E-state index in [1.54, 1.807) is 12.1 Å². The molecule has 0 radical (unpaired) electrons. The van der Waals surface area contributed by atoms with E-state index in [2.05, 4.69) is 25.8 Å². The van der Waals surface area contributed by atoms with Crippen LogP contribution < -0.4 is 10.6 Å². The van der Waals surface area contributed by atoms with Crippen molar-refractivity contribution in [2.24, 2.45) is 0 Å². The number of aromatic nitrogens is 3. The van der Waals surface area contributed by atoms with Crippen molar-refractivity contribution in [3.63, 3.8) is 0 Å². The highest BCUT2D eigenvalue weighted by Crippen LogP contribution is 2.25. The van der Waals surface area contributed by atoms with Crippen LogP contribution in [0.15, 0.2) is 18.2 Å². The number of hydrogen-bond donors (Lipinski definition) is 3. The Bertz CT molecular complexity index is 683. The van der Waals surface area contributed by atoms with Crippen molar-refractivity contribution in [2.75, 3.05) is 10.6 Å². The lowest BCUT2D eigenvalue weighted by molar-refractivity contribution is -0.114. The first kappa shape index (κ1) is 15.0. The predicted molar refractivity (Wildman–Crippen MR) is 79.5 cm³/mol. The lowest BCUT2D eigenvalue weighted by Gasteiger charge is -2.08. The third-order valence-electron chi connectivity index (χ3n) is 2.61. The fourth-order valence-electron chi connectivity index (χ4n) is 1.63. The lowest BCUT2D eigenvalue weighted by Crippen LogP contribution is -2.14. The van der Waals surface area contributed by atoms with Crippen LogP contribution in [-0.4, -0.2) is 27.0 Å². The van der Waals surface area contributed by atoms with Gasteiger partial charge < -0.3 is 10.6 Å². The van der Waals surface area contributed by atoms with Crippen molar-refractivity contribution in [1.29, 1.82) is 0 Å². The molecule has 0 aliphatic rings. The highest BCUT2D eigenvalue weighted by Gasteiger charge is 2.13. The number of amides is 2. The number of benzene rings is 1. The molecule has 21 heavy (non-hydrogen) atoms. The van der Waals surface area contributed by atoms with E-state index in [1.807, 2.05) is 6.92 Å². The molecule has 0 saturated carbocycles. The molecule has 0 unspecified atom stereocenters. The number of nitrogens with one attached hydrogen (secondary N) is 3. The Labute approximate surface area is 126 Å². The van der Waals surface area contributed by atoms with Crippen LogP contribution in [0.25, 0.3) is 0 Å². The maximum atomic E-state index is 11.9. The molecule has 3 N–H and O–H groups in total. The lowest BCUT2D eigenvalue weighted by atomic mass is 10.2. The Balaban J connectivity index is 2.10. The van der Waals surface area contributed by atoms with E-state index in [9.17, 15) is 9.59 Å². The van der Waals surface area contributed by atoms with Gasteiger partial charge in [0.1, 0.15) is 5.82 Å². The second-order valence-corrected chi connectivity index (χ2v) is 4.70. The molecule has 2 aromatic rings. The topological polar surface area (TPSA) is 99.8 Å². The zero-order valence-electron chi connectivity index (χ0n) is 11.5. The van der Waals surface area contributed by atoms with Crippen molar-refractivity contribution >= 4 is 34.8 Å². The Morgan fingerprint density at radius 2 is 2.10 bits per heavy atom. The van der Waals surface area contributed by atoms with Gasteiger partial charge in [0.05, 0.1) is 10.7 Å². The average Bonchev–Trinajstić information content (AvgIpc) is 2.90. The number of carbonyl (C=O) groups is 2. The van der Waals surface area contributed by atoms with Crippen LogP contribution in [0, 0.1) is 0 Å². The maximum absolute atomic E-state index is 11.9. The highest BCUT2D eigenvalue weighted by molar-refractivity contribution is 6.34. The number of rotatable bonds is 4. The third-order valence-corrected chi connectivity index (χ3v) is 2.92. The Hall–Kier alpha value is -2.41. The summed E-state index contributed by atoms with van der Waals surface area (Å²) in [5, 5.41) is 12.0. The first-order valence-corrected chi connectivity index (χ1v) is 6.67. The number of hydrogen-bond acceptors (Lipinski definition) is 4. The molecule has 2 rings (SSSR count). The molecule has 8 heteroatoms. The Morgan fingerprint density at radius 1 is 1.33 bits per heavy atom. The quantitative estimate of drug-likeness (QED) is 0.806. The number of anilines is 2. The molecule has 1 heterocycles. The molecule has 0 aliphatic carbocycles. The fourth-order valence-corrected chi connectivity index (χ4v) is 1.85. The van der Waals surface area contributed by atoms with Gasteiger partial charge in [-0.3, -0.25) is 14.7 Å². The van der Waals surface area contributed by atoms with E-state index in [0.29, 0.717) is 28.6 Å².